The maximum atomic E-state index is 12.6. The molecule has 18 heavy (non-hydrogen) atoms. The molecule has 2 rings (SSSR count). The van der Waals surface area contributed by atoms with Gasteiger partial charge in [0.25, 0.3) is 0 Å². The zero-order chi connectivity index (χ0) is 13.2. The first-order chi connectivity index (χ1) is 8.47. The second-order valence-electron chi connectivity index (χ2n) is 4.23. The molecule has 1 saturated heterocycles. The van der Waals surface area contributed by atoms with Crippen molar-refractivity contribution in [2.75, 3.05) is 13.1 Å². The molecule has 1 atom stereocenters. The van der Waals surface area contributed by atoms with E-state index in [1.165, 1.54) is 15.9 Å². The Hall–Kier alpha value is -1.67. The number of hydrogen-bond acceptors (Lipinski definition) is 4. The summed E-state index contributed by atoms with van der Waals surface area (Å²) in [5, 5.41) is 10.2. The van der Waals surface area contributed by atoms with Gasteiger partial charge in [0.05, 0.1) is 5.92 Å². The Bertz CT molecular complexity index is 405. The van der Waals surface area contributed by atoms with Crippen LogP contribution in [0.15, 0.2) is 6.33 Å². The van der Waals surface area contributed by atoms with Crippen LogP contribution in [0.3, 0.4) is 0 Å². The number of likely N-dealkylation sites (tertiary alicyclic amines) is 1. The van der Waals surface area contributed by atoms with Crippen molar-refractivity contribution in [1.82, 2.24) is 25.1 Å². The van der Waals surface area contributed by atoms with Crippen molar-refractivity contribution < 1.29 is 18.0 Å². The molecule has 0 spiro atoms. The Morgan fingerprint density at radius 1 is 1.44 bits per heavy atom. The number of piperidine rings is 1. The lowest BCUT2D eigenvalue weighted by atomic mass is 9.97. The van der Waals surface area contributed by atoms with Gasteiger partial charge in [-0.25, -0.2) is 4.68 Å². The fourth-order valence-corrected chi connectivity index (χ4v) is 1.96. The van der Waals surface area contributed by atoms with Gasteiger partial charge in [-0.3, -0.25) is 4.79 Å². The zero-order valence-corrected chi connectivity index (χ0v) is 9.47. The van der Waals surface area contributed by atoms with Gasteiger partial charge in [0.2, 0.25) is 5.91 Å². The molecule has 1 aliphatic heterocycles. The highest BCUT2D eigenvalue weighted by atomic mass is 19.4. The van der Waals surface area contributed by atoms with Crippen LogP contribution >= 0.6 is 0 Å². The van der Waals surface area contributed by atoms with Gasteiger partial charge in [-0.15, -0.1) is 5.10 Å². The number of rotatable bonds is 2. The lowest BCUT2D eigenvalue weighted by Gasteiger charge is -2.33. The van der Waals surface area contributed by atoms with Crippen LogP contribution in [0.2, 0.25) is 0 Å². The number of aromatic nitrogens is 4. The molecule has 9 heteroatoms. The fraction of sp³-hybridized carbons (Fsp3) is 0.778. The van der Waals surface area contributed by atoms with Gasteiger partial charge in [0, 0.05) is 13.1 Å². The third-order valence-corrected chi connectivity index (χ3v) is 2.93. The largest absolute Gasteiger partial charge is 0.393 e. The third-order valence-electron chi connectivity index (χ3n) is 2.93. The topological polar surface area (TPSA) is 63.9 Å². The fourth-order valence-electron chi connectivity index (χ4n) is 1.96. The van der Waals surface area contributed by atoms with Crippen LogP contribution in [0.25, 0.3) is 0 Å². The molecule has 0 bridgehead atoms. The van der Waals surface area contributed by atoms with Crippen molar-refractivity contribution in [3.05, 3.63) is 6.33 Å². The predicted molar refractivity (Wildman–Crippen MR) is 53.2 cm³/mol. The maximum Gasteiger partial charge on any atom is 0.393 e. The van der Waals surface area contributed by atoms with E-state index in [0.29, 0.717) is 13.0 Å². The minimum Gasteiger partial charge on any atom is -0.340 e. The molecule has 6 nitrogen and oxygen atoms in total. The number of alkyl halides is 3. The van der Waals surface area contributed by atoms with E-state index >= 15 is 0 Å². The van der Waals surface area contributed by atoms with E-state index in [0.717, 1.165) is 0 Å². The van der Waals surface area contributed by atoms with Gasteiger partial charge in [0.1, 0.15) is 12.9 Å². The van der Waals surface area contributed by atoms with Crippen LogP contribution in [0, 0.1) is 5.92 Å². The van der Waals surface area contributed by atoms with Crippen LogP contribution < -0.4 is 0 Å². The van der Waals surface area contributed by atoms with Crippen LogP contribution in [-0.4, -0.2) is 50.3 Å². The summed E-state index contributed by atoms with van der Waals surface area (Å²) in [5.74, 6) is -1.82. The number of nitrogens with zero attached hydrogens (tertiary/aromatic N) is 5. The van der Waals surface area contributed by atoms with E-state index < -0.39 is 18.0 Å². The van der Waals surface area contributed by atoms with Gasteiger partial charge >= 0.3 is 6.18 Å². The quantitative estimate of drug-likeness (QED) is 0.778. The number of hydrogen-bond donors (Lipinski definition) is 0. The Balaban J connectivity index is 1.94. The molecule has 0 aliphatic carbocycles. The Kier molecular flexibility index (Phi) is 3.48. The molecular weight excluding hydrogens is 251 g/mol. The molecule has 1 amide bonds. The summed E-state index contributed by atoms with van der Waals surface area (Å²) < 4.78 is 38.9. The standard InChI is InChI=1S/C9H12F3N5O/c10-9(11,12)7-2-1-3-16(4-7)8(18)5-17-6-13-14-15-17/h6-7H,1-5H2. The SMILES string of the molecule is O=C(Cn1cnnn1)N1CCCC(C(F)(F)F)C1. The zero-order valence-electron chi connectivity index (χ0n) is 9.47. The summed E-state index contributed by atoms with van der Waals surface area (Å²) >= 11 is 0. The van der Waals surface area contributed by atoms with E-state index in [2.05, 4.69) is 15.5 Å². The van der Waals surface area contributed by atoms with Gasteiger partial charge in [-0.05, 0) is 23.3 Å². The summed E-state index contributed by atoms with van der Waals surface area (Å²) in [6.45, 7) is -0.0461. The second-order valence-corrected chi connectivity index (χ2v) is 4.23. The maximum absolute atomic E-state index is 12.6. The van der Waals surface area contributed by atoms with Crippen LogP contribution in [0.1, 0.15) is 12.8 Å². The van der Waals surface area contributed by atoms with E-state index in [-0.39, 0.29) is 19.5 Å². The average Bonchev–Trinajstić information content (AvgIpc) is 2.81. The van der Waals surface area contributed by atoms with Gasteiger partial charge in [-0.1, -0.05) is 0 Å². The summed E-state index contributed by atoms with van der Waals surface area (Å²) in [6.07, 6.45) is -2.54. The molecule has 0 radical (unpaired) electrons. The molecule has 1 unspecified atom stereocenters. The second kappa shape index (κ2) is 4.91. The molecule has 1 aromatic heterocycles. The van der Waals surface area contributed by atoms with Crippen molar-refractivity contribution in [2.45, 2.75) is 25.6 Å². The number of carbonyl (C=O) groups excluding carboxylic acids is 1. The number of halogens is 3. The third kappa shape index (κ3) is 2.96. The first-order valence-electron chi connectivity index (χ1n) is 5.52. The van der Waals surface area contributed by atoms with Crippen molar-refractivity contribution in [2.24, 2.45) is 5.92 Å². The summed E-state index contributed by atoms with van der Waals surface area (Å²) in [4.78, 5) is 13.0. The lowest BCUT2D eigenvalue weighted by molar-refractivity contribution is -0.188. The first-order valence-corrected chi connectivity index (χ1v) is 5.52. The minimum absolute atomic E-state index is 0.0815. The molecular formula is C9H12F3N5O. The Morgan fingerprint density at radius 3 is 2.83 bits per heavy atom. The molecule has 100 valence electrons. The van der Waals surface area contributed by atoms with Crippen molar-refractivity contribution >= 4 is 5.91 Å². The van der Waals surface area contributed by atoms with E-state index in [1.54, 1.807) is 0 Å². The number of tetrazole rings is 1. The smallest absolute Gasteiger partial charge is 0.340 e. The highest BCUT2D eigenvalue weighted by Crippen LogP contribution is 2.33. The summed E-state index contributed by atoms with van der Waals surface area (Å²) in [6, 6.07) is 0. The molecule has 2 heterocycles. The van der Waals surface area contributed by atoms with Gasteiger partial charge in [0.15, 0.2) is 0 Å². The molecule has 0 aromatic carbocycles. The lowest BCUT2D eigenvalue weighted by Crippen LogP contribution is -2.45. The Labute approximate surface area is 101 Å². The molecule has 1 fully saturated rings. The molecule has 1 aromatic rings. The average molecular weight is 263 g/mol. The molecule has 1 aliphatic rings. The van der Waals surface area contributed by atoms with E-state index in [4.69, 9.17) is 0 Å². The predicted octanol–water partition coefficient (Wildman–Crippen LogP) is 0.474. The summed E-state index contributed by atoms with van der Waals surface area (Å²) in [7, 11) is 0. The highest BCUT2D eigenvalue weighted by molar-refractivity contribution is 5.75. The normalized spacial score (nSPS) is 21.1. The minimum atomic E-state index is -4.24. The summed E-state index contributed by atoms with van der Waals surface area (Å²) in [5.41, 5.74) is 0. The van der Waals surface area contributed by atoms with Crippen molar-refractivity contribution in [3.63, 3.8) is 0 Å². The van der Waals surface area contributed by atoms with Gasteiger partial charge < -0.3 is 4.90 Å². The monoisotopic (exact) mass is 263 g/mol. The van der Waals surface area contributed by atoms with Crippen molar-refractivity contribution in [1.29, 1.82) is 0 Å². The van der Waals surface area contributed by atoms with Gasteiger partial charge in [-0.2, -0.15) is 13.2 Å². The van der Waals surface area contributed by atoms with Crippen LogP contribution in [-0.2, 0) is 11.3 Å². The number of amides is 1. The number of carbonyl (C=O) groups is 1. The van der Waals surface area contributed by atoms with Crippen LogP contribution in [0.4, 0.5) is 13.2 Å². The molecule has 0 N–H and O–H groups in total. The highest BCUT2D eigenvalue weighted by Gasteiger charge is 2.42. The van der Waals surface area contributed by atoms with Crippen molar-refractivity contribution in [3.8, 4) is 0 Å². The molecule has 0 saturated carbocycles. The van der Waals surface area contributed by atoms with E-state index in [1.807, 2.05) is 0 Å². The first kappa shape index (κ1) is 12.8. The Morgan fingerprint density at radius 2 is 2.22 bits per heavy atom. The van der Waals surface area contributed by atoms with E-state index in [9.17, 15) is 18.0 Å². The van der Waals surface area contributed by atoms with Crippen LogP contribution in [0.5, 0.6) is 0 Å².